The van der Waals surface area contributed by atoms with Gasteiger partial charge in [0.2, 0.25) is 0 Å². The van der Waals surface area contributed by atoms with Crippen molar-refractivity contribution in [1.82, 2.24) is 14.7 Å². The van der Waals surface area contributed by atoms with Crippen LogP contribution in [-0.4, -0.2) is 54.2 Å². The molecule has 0 amide bonds. The summed E-state index contributed by atoms with van der Waals surface area (Å²) < 4.78 is 32.4. The second kappa shape index (κ2) is 8.26. The molecule has 0 saturated carbocycles. The monoisotopic (exact) mass is 385 g/mol. The number of halogens is 1. The Bertz CT molecular complexity index is 931. The number of furan rings is 1. The molecule has 1 aromatic carbocycles. The van der Waals surface area contributed by atoms with E-state index in [1.807, 2.05) is 38.4 Å². The Kier molecular flexibility index (Phi) is 5.57. The fourth-order valence-corrected chi connectivity index (χ4v) is 3.39. The molecule has 1 fully saturated rings. The standard InChI is InChI=1S/C21H24FN3O3/c1-15-6-7-20(28-15)21-16(11-24(2)13-19-14-26-8-9-27-19)12-25(23-21)18-5-3-4-17(22)10-18/h3-7,10,12,19H,8-9,11,13-14H2,1-2H3. The number of aromatic nitrogens is 2. The summed E-state index contributed by atoms with van der Waals surface area (Å²) in [6.45, 7) is 5.21. The molecule has 0 bridgehead atoms. The van der Waals surface area contributed by atoms with Crippen LogP contribution in [0.3, 0.4) is 0 Å². The predicted octanol–water partition coefficient (Wildman–Crippen LogP) is 3.43. The van der Waals surface area contributed by atoms with Gasteiger partial charge in [0.1, 0.15) is 17.3 Å². The normalized spacial score (nSPS) is 17.4. The van der Waals surface area contributed by atoms with E-state index >= 15 is 0 Å². The largest absolute Gasteiger partial charge is 0.460 e. The molecule has 1 aliphatic heterocycles. The van der Waals surface area contributed by atoms with Crippen molar-refractivity contribution < 1.29 is 18.3 Å². The molecular formula is C21H24FN3O3. The lowest BCUT2D eigenvalue weighted by molar-refractivity contribution is -0.0962. The van der Waals surface area contributed by atoms with Crippen molar-refractivity contribution in [2.75, 3.05) is 33.4 Å². The van der Waals surface area contributed by atoms with Crippen molar-refractivity contribution in [2.45, 2.75) is 19.6 Å². The van der Waals surface area contributed by atoms with E-state index in [0.29, 0.717) is 37.8 Å². The van der Waals surface area contributed by atoms with Gasteiger partial charge in [0.25, 0.3) is 0 Å². The van der Waals surface area contributed by atoms with E-state index in [0.717, 1.165) is 23.6 Å². The van der Waals surface area contributed by atoms with Gasteiger partial charge in [0.15, 0.2) is 5.76 Å². The zero-order valence-corrected chi connectivity index (χ0v) is 16.1. The van der Waals surface area contributed by atoms with E-state index in [9.17, 15) is 4.39 Å². The highest BCUT2D eigenvalue weighted by Gasteiger charge is 2.20. The van der Waals surface area contributed by atoms with Crippen molar-refractivity contribution in [3.63, 3.8) is 0 Å². The lowest BCUT2D eigenvalue weighted by Crippen LogP contribution is -2.38. The van der Waals surface area contributed by atoms with Crippen LogP contribution in [0.1, 0.15) is 11.3 Å². The lowest BCUT2D eigenvalue weighted by Gasteiger charge is -2.27. The average Bonchev–Trinajstić information content (AvgIpc) is 3.29. The third-order valence-corrected chi connectivity index (χ3v) is 4.68. The fourth-order valence-electron chi connectivity index (χ4n) is 3.39. The van der Waals surface area contributed by atoms with E-state index in [1.54, 1.807) is 10.7 Å². The predicted molar refractivity (Wildman–Crippen MR) is 103 cm³/mol. The van der Waals surface area contributed by atoms with Gasteiger partial charge >= 0.3 is 0 Å². The highest BCUT2D eigenvalue weighted by Crippen LogP contribution is 2.27. The van der Waals surface area contributed by atoms with Crippen LogP contribution in [-0.2, 0) is 16.0 Å². The molecule has 3 aromatic rings. The number of nitrogens with zero attached hydrogens (tertiary/aromatic N) is 3. The number of likely N-dealkylation sites (N-methyl/N-ethyl adjacent to an activating group) is 1. The smallest absolute Gasteiger partial charge is 0.154 e. The van der Waals surface area contributed by atoms with Crippen LogP contribution in [0.2, 0.25) is 0 Å². The molecule has 2 aromatic heterocycles. The molecule has 0 radical (unpaired) electrons. The molecule has 1 atom stereocenters. The van der Waals surface area contributed by atoms with Crippen molar-refractivity contribution in [3.05, 3.63) is 59.7 Å². The van der Waals surface area contributed by atoms with Gasteiger partial charge in [0.05, 0.1) is 31.6 Å². The molecular weight excluding hydrogens is 361 g/mol. The summed E-state index contributed by atoms with van der Waals surface area (Å²) in [4.78, 5) is 2.17. The minimum atomic E-state index is -0.295. The molecule has 1 unspecified atom stereocenters. The highest BCUT2D eigenvalue weighted by molar-refractivity contribution is 5.57. The van der Waals surface area contributed by atoms with Gasteiger partial charge in [-0.05, 0) is 44.3 Å². The maximum Gasteiger partial charge on any atom is 0.154 e. The van der Waals surface area contributed by atoms with Crippen LogP contribution in [0.25, 0.3) is 17.1 Å². The molecule has 148 valence electrons. The first-order chi connectivity index (χ1) is 13.6. The zero-order valence-electron chi connectivity index (χ0n) is 16.1. The van der Waals surface area contributed by atoms with Gasteiger partial charge in [-0.15, -0.1) is 0 Å². The lowest BCUT2D eigenvalue weighted by atomic mass is 10.2. The Morgan fingerprint density at radius 2 is 2.14 bits per heavy atom. The molecule has 28 heavy (non-hydrogen) atoms. The molecule has 1 saturated heterocycles. The number of hydrogen-bond acceptors (Lipinski definition) is 5. The summed E-state index contributed by atoms with van der Waals surface area (Å²) in [5, 5.41) is 4.68. The number of rotatable bonds is 6. The Hall–Kier alpha value is -2.48. The first-order valence-electron chi connectivity index (χ1n) is 9.37. The maximum atomic E-state index is 13.7. The van der Waals surface area contributed by atoms with Crippen LogP contribution in [0, 0.1) is 12.7 Å². The van der Waals surface area contributed by atoms with Gasteiger partial charge in [-0.2, -0.15) is 5.10 Å². The summed E-state index contributed by atoms with van der Waals surface area (Å²) in [5.74, 6) is 1.23. The van der Waals surface area contributed by atoms with Crippen molar-refractivity contribution in [2.24, 2.45) is 0 Å². The topological polar surface area (TPSA) is 52.7 Å². The summed E-state index contributed by atoms with van der Waals surface area (Å²) in [5.41, 5.74) is 2.42. The van der Waals surface area contributed by atoms with Crippen LogP contribution >= 0.6 is 0 Å². The Morgan fingerprint density at radius 3 is 2.86 bits per heavy atom. The minimum Gasteiger partial charge on any atom is -0.460 e. The minimum absolute atomic E-state index is 0.0614. The number of ether oxygens (including phenoxy) is 2. The molecule has 7 heteroatoms. The second-order valence-electron chi connectivity index (χ2n) is 7.10. The van der Waals surface area contributed by atoms with Crippen molar-refractivity contribution >= 4 is 0 Å². The number of benzene rings is 1. The summed E-state index contributed by atoms with van der Waals surface area (Å²) >= 11 is 0. The Balaban J connectivity index is 1.60. The van der Waals surface area contributed by atoms with E-state index < -0.39 is 0 Å². The van der Waals surface area contributed by atoms with Crippen LogP contribution in [0.15, 0.2) is 47.0 Å². The first-order valence-corrected chi connectivity index (χ1v) is 9.37. The summed E-state index contributed by atoms with van der Waals surface area (Å²) in [6, 6.07) is 10.2. The summed E-state index contributed by atoms with van der Waals surface area (Å²) in [7, 11) is 2.04. The van der Waals surface area contributed by atoms with Gasteiger partial charge in [-0.25, -0.2) is 9.07 Å². The van der Waals surface area contributed by atoms with Crippen LogP contribution in [0.5, 0.6) is 0 Å². The quantitative estimate of drug-likeness (QED) is 0.651. The van der Waals surface area contributed by atoms with E-state index in [-0.39, 0.29) is 11.9 Å². The zero-order chi connectivity index (χ0) is 19.5. The first kappa shape index (κ1) is 18.9. The SMILES string of the molecule is Cc1ccc(-c2nn(-c3cccc(F)c3)cc2CN(C)CC2COCCO2)o1. The van der Waals surface area contributed by atoms with Gasteiger partial charge in [-0.1, -0.05) is 6.07 Å². The molecule has 1 aliphatic rings. The maximum absolute atomic E-state index is 13.7. The van der Waals surface area contributed by atoms with Crippen LogP contribution in [0.4, 0.5) is 4.39 Å². The molecule has 6 nitrogen and oxygen atoms in total. The molecule has 0 spiro atoms. The van der Waals surface area contributed by atoms with Crippen molar-refractivity contribution in [3.8, 4) is 17.1 Å². The third kappa shape index (κ3) is 4.32. The average molecular weight is 385 g/mol. The van der Waals surface area contributed by atoms with E-state index in [1.165, 1.54) is 12.1 Å². The van der Waals surface area contributed by atoms with Gasteiger partial charge < -0.3 is 13.9 Å². The molecule has 0 N–H and O–H groups in total. The third-order valence-electron chi connectivity index (χ3n) is 4.68. The Morgan fingerprint density at radius 1 is 1.25 bits per heavy atom. The van der Waals surface area contributed by atoms with Crippen LogP contribution < -0.4 is 0 Å². The van der Waals surface area contributed by atoms with E-state index in [4.69, 9.17) is 13.9 Å². The Labute approximate surface area is 163 Å². The summed E-state index contributed by atoms with van der Waals surface area (Å²) in [6.07, 6.45) is 1.99. The number of hydrogen-bond donors (Lipinski definition) is 0. The molecule has 0 aliphatic carbocycles. The highest BCUT2D eigenvalue weighted by atomic mass is 19.1. The number of aryl methyl sites for hydroxylation is 1. The van der Waals surface area contributed by atoms with Gasteiger partial charge in [-0.3, -0.25) is 4.90 Å². The molecule has 4 rings (SSSR count). The molecule has 3 heterocycles. The second-order valence-corrected chi connectivity index (χ2v) is 7.10. The van der Waals surface area contributed by atoms with Crippen molar-refractivity contribution in [1.29, 1.82) is 0 Å². The van der Waals surface area contributed by atoms with E-state index in [2.05, 4.69) is 10.00 Å². The van der Waals surface area contributed by atoms with Gasteiger partial charge in [0, 0.05) is 24.8 Å². The fraction of sp³-hybridized carbons (Fsp3) is 0.381.